The van der Waals surface area contributed by atoms with Crippen molar-refractivity contribution in [3.05, 3.63) is 217 Å². The lowest BCUT2D eigenvalue weighted by molar-refractivity contribution is -0.0398. The summed E-state index contributed by atoms with van der Waals surface area (Å²) in [6.07, 6.45) is 6.98. The van der Waals surface area contributed by atoms with E-state index >= 15 is 0 Å². The predicted molar refractivity (Wildman–Crippen MR) is 273 cm³/mol. The van der Waals surface area contributed by atoms with Crippen LogP contribution in [0.1, 0.15) is 43.2 Å². The molecule has 2 nitrogen and oxygen atoms in total. The molecule has 66 heavy (non-hydrogen) atoms. The normalized spacial score (nSPS) is 21.1. The smallest absolute Gasteiger partial charge is 0.160 e. The third-order valence-electron chi connectivity index (χ3n) is 16.3. The molecule has 9 aromatic carbocycles. The number of fused-ring (bicyclic) bond motifs is 5. The first kappa shape index (κ1) is 37.9. The quantitative estimate of drug-likeness (QED) is 0.167. The predicted octanol–water partition coefficient (Wildman–Crippen LogP) is 16.5. The Kier molecular flexibility index (Phi) is 8.50. The van der Waals surface area contributed by atoms with Gasteiger partial charge in [0, 0.05) is 22.1 Å². The molecule has 0 saturated heterocycles. The number of hydrogen-bond donors (Lipinski definition) is 0. The van der Waals surface area contributed by atoms with Crippen LogP contribution in [0.2, 0.25) is 0 Å². The molecule has 4 fully saturated rings. The Balaban J connectivity index is 0.917. The Bertz CT molecular complexity index is 3520. The van der Waals surface area contributed by atoms with Crippen LogP contribution in [0.25, 0.3) is 100.0 Å². The van der Waals surface area contributed by atoms with Crippen LogP contribution < -0.4 is 0 Å². The fourth-order valence-electron chi connectivity index (χ4n) is 13.8. The molecule has 0 unspecified atom stereocenters. The highest BCUT2D eigenvalue weighted by Crippen LogP contribution is 2.70. The molecule has 5 aliphatic carbocycles. The summed E-state index contributed by atoms with van der Waals surface area (Å²) < 4.78 is 0. The SMILES string of the molecule is c1ccc(-c2nc(-c3ccccc3-c3ccccc3)cc(-c3ccc(-c4cccc(-c5cccc6c5-c5cc7ccccc7cc5C65C6CC7CC(C6)CC5C7)c4)c4ccccc34)n2)cc1. The lowest BCUT2D eigenvalue weighted by atomic mass is 9.43. The van der Waals surface area contributed by atoms with Crippen LogP contribution in [-0.4, -0.2) is 9.97 Å². The summed E-state index contributed by atoms with van der Waals surface area (Å²) in [5, 5.41) is 5.10. The zero-order valence-corrected chi connectivity index (χ0v) is 36.9. The van der Waals surface area contributed by atoms with Gasteiger partial charge in [-0.2, -0.15) is 0 Å². The second-order valence-electron chi connectivity index (χ2n) is 19.7. The molecule has 0 amide bonds. The van der Waals surface area contributed by atoms with Crippen LogP contribution in [-0.2, 0) is 5.41 Å². The van der Waals surface area contributed by atoms with Gasteiger partial charge in [-0.1, -0.05) is 182 Å². The topological polar surface area (TPSA) is 25.8 Å². The second kappa shape index (κ2) is 14.8. The minimum absolute atomic E-state index is 0.104. The van der Waals surface area contributed by atoms with E-state index < -0.39 is 0 Å². The Hall–Kier alpha value is -7.42. The van der Waals surface area contributed by atoms with Crippen molar-refractivity contribution in [2.45, 2.75) is 37.5 Å². The largest absolute Gasteiger partial charge is 0.228 e. The van der Waals surface area contributed by atoms with Gasteiger partial charge in [-0.15, -0.1) is 0 Å². The number of nitrogens with zero attached hydrogens (tertiary/aromatic N) is 2. The highest BCUT2D eigenvalue weighted by atomic mass is 14.9. The van der Waals surface area contributed by atoms with Crippen molar-refractivity contribution in [1.82, 2.24) is 9.97 Å². The van der Waals surface area contributed by atoms with Gasteiger partial charge in [0.2, 0.25) is 0 Å². The van der Waals surface area contributed by atoms with E-state index in [1.54, 1.807) is 11.1 Å². The van der Waals surface area contributed by atoms with Gasteiger partial charge in [-0.05, 0) is 157 Å². The molecule has 0 N–H and O–H groups in total. The number of hydrogen-bond acceptors (Lipinski definition) is 2. The van der Waals surface area contributed by atoms with Crippen LogP contribution in [0.4, 0.5) is 0 Å². The lowest BCUT2D eigenvalue weighted by Crippen LogP contribution is -2.55. The standard InChI is InChI=1S/C64H48N2/c1-3-15-42(16-4-1)50-23-9-12-26-55(50)60-39-61(66-63(65-60)43-17-5-2-6-18-43)56-30-29-51(53-24-10-11-25-54(53)56)46-21-13-22-47(36-46)52-27-14-28-58-62(52)57-37-44-19-7-8-20-45(44)38-59(57)64(58)48-32-40-31-41(34-48)35-49(64)33-40/h1-30,36-41,48-49H,31-35H2. The fourth-order valence-corrected chi connectivity index (χ4v) is 13.8. The third-order valence-corrected chi connectivity index (χ3v) is 16.3. The molecule has 4 bridgehead atoms. The maximum absolute atomic E-state index is 5.33. The molecule has 1 spiro atoms. The Labute approximate surface area is 386 Å². The van der Waals surface area contributed by atoms with Crippen molar-refractivity contribution in [1.29, 1.82) is 0 Å². The first-order valence-corrected chi connectivity index (χ1v) is 24.1. The molecular weight excluding hydrogens is 797 g/mol. The van der Waals surface area contributed by atoms with Crippen LogP contribution in [0.15, 0.2) is 206 Å². The monoisotopic (exact) mass is 844 g/mol. The van der Waals surface area contributed by atoms with Gasteiger partial charge in [0.15, 0.2) is 5.82 Å². The second-order valence-corrected chi connectivity index (χ2v) is 19.7. The van der Waals surface area contributed by atoms with E-state index in [0.29, 0.717) is 5.82 Å². The minimum atomic E-state index is 0.104. The average Bonchev–Trinajstić information content (AvgIpc) is 3.66. The Morgan fingerprint density at radius 1 is 0.333 bits per heavy atom. The van der Waals surface area contributed by atoms with E-state index in [0.717, 1.165) is 62.9 Å². The van der Waals surface area contributed by atoms with Crippen molar-refractivity contribution < 1.29 is 0 Å². The summed E-state index contributed by atoms with van der Waals surface area (Å²) in [5.41, 5.74) is 18.6. The summed E-state index contributed by atoms with van der Waals surface area (Å²) in [5.74, 6) is 3.97. The first-order valence-electron chi connectivity index (χ1n) is 24.1. The molecule has 0 radical (unpaired) electrons. The molecule has 1 heterocycles. The summed E-state index contributed by atoms with van der Waals surface area (Å²) >= 11 is 0. The molecule has 0 atom stereocenters. The van der Waals surface area contributed by atoms with Gasteiger partial charge in [0.25, 0.3) is 0 Å². The zero-order valence-electron chi connectivity index (χ0n) is 36.9. The van der Waals surface area contributed by atoms with Crippen LogP contribution >= 0.6 is 0 Å². The summed E-state index contributed by atoms with van der Waals surface area (Å²) in [6, 6.07) is 76.1. The van der Waals surface area contributed by atoms with Crippen LogP contribution in [0, 0.1) is 23.7 Å². The average molecular weight is 845 g/mol. The Morgan fingerprint density at radius 2 is 0.864 bits per heavy atom. The van der Waals surface area contributed by atoms with Crippen molar-refractivity contribution >= 4 is 21.5 Å². The number of benzene rings is 9. The highest BCUT2D eigenvalue weighted by molar-refractivity contribution is 6.06. The molecule has 4 saturated carbocycles. The minimum Gasteiger partial charge on any atom is -0.228 e. The molecule has 5 aliphatic rings. The first-order chi connectivity index (χ1) is 32.7. The van der Waals surface area contributed by atoms with Crippen molar-refractivity contribution in [2.75, 3.05) is 0 Å². The van der Waals surface area contributed by atoms with E-state index in [1.165, 1.54) is 87.0 Å². The van der Waals surface area contributed by atoms with Gasteiger partial charge >= 0.3 is 0 Å². The molecule has 10 aromatic rings. The van der Waals surface area contributed by atoms with E-state index in [4.69, 9.17) is 9.97 Å². The highest BCUT2D eigenvalue weighted by Gasteiger charge is 2.61. The maximum Gasteiger partial charge on any atom is 0.160 e. The number of aromatic nitrogens is 2. The van der Waals surface area contributed by atoms with E-state index in [2.05, 4.69) is 200 Å². The van der Waals surface area contributed by atoms with Gasteiger partial charge < -0.3 is 0 Å². The summed E-state index contributed by atoms with van der Waals surface area (Å²) in [4.78, 5) is 10.6. The van der Waals surface area contributed by atoms with Crippen molar-refractivity contribution in [2.24, 2.45) is 23.7 Å². The Morgan fingerprint density at radius 3 is 1.59 bits per heavy atom. The van der Waals surface area contributed by atoms with Crippen molar-refractivity contribution in [3.8, 4) is 78.4 Å². The van der Waals surface area contributed by atoms with Gasteiger partial charge in [0.1, 0.15) is 0 Å². The van der Waals surface area contributed by atoms with Crippen LogP contribution in [0.5, 0.6) is 0 Å². The maximum atomic E-state index is 5.33. The van der Waals surface area contributed by atoms with Crippen LogP contribution in [0.3, 0.4) is 0 Å². The third kappa shape index (κ3) is 5.73. The van der Waals surface area contributed by atoms with E-state index in [1.807, 2.05) is 6.07 Å². The summed E-state index contributed by atoms with van der Waals surface area (Å²) in [7, 11) is 0. The molecule has 314 valence electrons. The van der Waals surface area contributed by atoms with Gasteiger partial charge in [0.05, 0.1) is 11.4 Å². The molecule has 0 aliphatic heterocycles. The summed E-state index contributed by atoms with van der Waals surface area (Å²) in [6.45, 7) is 0. The molecular formula is C64H48N2. The van der Waals surface area contributed by atoms with Gasteiger partial charge in [-0.25, -0.2) is 9.97 Å². The van der Waals surface area contributed by atoms with Gasteiger partial charge in [-0.3, -0.25) is 0 Å². The van der Waals surface area contributed by atoms with E-state index in [-0.39, 0.29) is 5.41 Å². The number of rotatable bonds is 6. The fraction of sp³-hybridized carbons (Fsp3) is 0.156. The lowest BCUT2D eigenvalue weighted by Gasteiger charge is -2.61. The zero-order chi connectivity index (χ0) is 43.3. The molecule has 2 heteroatoms. The molecule has 15 rings (SSSR count). The van der Waals surface area contributed by atoms with Crippen molar-refractivity contribution in [3.63, 3.8) is 0 Å². The molecule has 1 aromatic heterocycles. The van der Waals surface area contributed by atoms with E-state index in [9.17, 15) is 0 Å².